The quantitative estimate of drug-likeness (QED) is 0.164. The third-order valence-corrected chi connectivity index (χ3v) is 11.5. The zero-order chi connectivity index (χ0) is 40.2. The number of furan rings is 1. The van der Waals surface area contributed by atoms with E-state index in [4.69, 9.17) is 9.40 Å². The molecule has 284 valence electrons. The summed E-state index contributed by atoms with van der Waals surface area (Å²) in [5.41, 5.74) is 15.6. The summed E-state index contributed by atoms with van der Waals surface area (Å²) in [6.45, 7) is 5.25. The SMILES string of the molecule is C=CC.c1ccc(-c2cccc3c2oc2c(-c4ccc(-n5c6ccccc6c6cc(-c7ccc8c(c7)c7ccccc7n8-c7ccccc7)ccc65)cc4)ncnc23)cc1. The number of rotatable bonds is 5. The number of aromatic nitrogens is 4. The van der Waals surface area contributed by atoms with Crippen LogP contribution in [-0.2, 0) is 0 Å². The van der Waals surface area contributed by atoms with Gasteiger partial charge in [-0.2, -0.15) is 0 Å². The van der Waals surface area contributed by atoms with E-state index >= 15 is 0 Å². The van der Waals surface area contributed by atoms with Gasteiger partial charge in [-0.1, -0.05) is 127 Å². The summed E-state index contributed by atoms with van der Waals surface area (Å²) in [4.78, 5) is 9.42. The summed E-state index contributed by atoms with van der Waals surface area (Å²) in [6, 6.07) is 67.0. The first-order valence-electron chi connectivity index (χ1n) is 20.2. The van der Waals surface area contributed by atoms with E-state index in [0.717, 1.165) is 61.3 Å². The van der Waals surface area contributed by atoms with Crippen LogP contribution in [0.5, 0.6) is 0 Å². The molecule has 12 aromatic rings. The fourth-order valence-electron chi connectivity index (χ4n) is 8.86. The van der Waals surface area contributed by atoms with Crippen LogP contribution < -0.4 is 0 Å². The predicted molar refractivity (Wildman–Crippen MR) is 250 cm³/mol. The van der Waals surface area contributed by atoms with E-state index in [-0.39, 0.29) is 0 Å². The number of hydrogen-bond donors (Lipinski definition) is 0. The van der Waals surface area contributed by atoms with E-state index in [1.807, 2.05) is 25.1 Å². The molecule has 0 fully saturated rings. The molecule has 0 radical (unpaired) electrons. The van der Waals surface area contributed by atoms with Crippen molar-refractivity contribution in [3.8, 4) is 44.9 Å². The van der Waals surface area contributed by atoms with Gasteiger partial charge in [-0.05, 0) is 90.3 Å². The van der Waals surface area contributed by atoms with E-state index in [1.54, 1.807) is 12.4 Å². The standard InChI is InChI=1S/C52H32N4O.C3H6/c1-3-12-33(13-4-1)39-18-11-19-42-50-52(57-51(39)42)49(53-32-54-50)34-22-26-38(27-23-34)56-46-21-10-8-17-41(46)44-31-36(25-29-48(44)56)35-24-28-47-43(30-35)40-16-7-9-20-45(40)55(47)37-14-5-2-6-15-37;1-3-2/h1-32H;3H,1H2,2H3. The minimum Gasteiger partial charge on any atom is -0.451 e. The molecular formula is C55H38N4O. The summed E-state index contributed by atoms with van der Waals surface area (Å²) in [6.07, 6.45) is 3.39. The Kier molecular flexibility index (Phi) is 8.45. The highest BCUT2D eigenvalue weighted by atomic mass is 16.3. The van der Waals surface area contributed by atoms with Gasteiger partial charge >= 0.3 is 0 Å². The summed E-state index contributed by atoms with van der Waals surface area (Å²) in [5, 5.41) is 5.91. The maximum Gasteiger partial charge on any atom is 0.180 e. The molecule has 0 aliphatic heterocycles. The lowest BCUT2D eigenvalue weighted by Gasteiger charge is -2.10. The molecule has 0 N–H and O–H groups in total. The zero-order valence-electron chi connectivity index (χ0n) is 33.0. The van der Waals surface area contributed by atoms with Crippen molar-refractivity contribution in [2.24, 2.45) is 0 Å². The third kappa shape index (κ3) is 5.63. The molecule has 0 atom stereocenters. The van der Waals surface area contributed by atoms with Crippen molar-refractivity contribution >= 4 is 65.7 Å². The summed E-state index contributed by atoms with van der Waals surface area (Å²) >= 11 is 0. The van der Waals surface area contributed by atoms with Crippen LogP contribution in [0.3, 0.4) is 0 Å². The van der Waals surface area contributed by atoms with E-state index in [0.29, 0.717) is 5.58 Å². The predicted octanol–water partition coefficient (Wildman–Crippen LogP) is 14.8. The minimum atomic E-state index is 0.691. The molecule has 5 nitrogen and oxygen atoms in total. The molecular weight excluding hydrogens is 733 g/mol. The van der Waals surface area contributed by atoms with Gasteiger partial charge in [0.05, 0.1) is 22.1 Å². The van der Waals surface area contributed by atoms with Crippen LogP contribution in [-0.4, -0.2) is 19.1 Å². The largest absolute Gasteiger partial charge is 0.451 e. The highest BCUT2D eigenvalue weighted by molar-refractivity contribution is 6.13. The van der Waals surface area contributed by atoms with E-state index in [1.165, 1.54) is 43.7 Å². The first kappa shape index (κ1) is 35.2. The second kappa shape index (κ2) is 14.4. The lowest BCUT2D eigenvalue weighted by molar-refractivity contribution is 0.668. The number of fused-ring (bicyclic) bond motifs is 9. The maximum absolute atomic E-state index is 6.62. The van der Waals surface area contributed by atoms with Gasteiger partial charge in [-0.15, -0.1) is 6.58 Å². The lowest BCUT2D eigenvalue weighted by atomic mass is 10.0. The third-order valence-electron chi connectivity index (χ3n) is 11.5. The van der Waals surface area contributed by atoms with E-state index < -0.39 is 0 Å². The Bertz CT molecular complexity index is 3560. The van der Waals surface area contributed by atoms with E-state index in [2.05, 4.69) is 191 Å². The number of nitrogens with zero attached hydrogens (tertiary/aromatic N) is 4. The molecule has 12 rings (SSSR count). The molecule has 5 heteroatoms. The van der Waals surface area contributed by atoms with Gasteiger partial charge < -0.3 is 13.6 Å². The Morgan fingerprint density at radius 1 is 0.433 bits per heavy atom. The van der Waals surface area contributed by atoms with Crippen molar-refractivity contribution in [3.63, 3.8) is 0 Å². The molecule has 0 aliphatic carbocycles. The Morgan fingerprint density at radius 3 is 1.55 bits per heavy atom. The van der Waals surface area contributed by atoms with Crippen molar-refractivity contribution in [1.82, 2.24) is 19.1 Å². The van der Waals surface area contributed by atoms with Crippen LogP contribution in [0.25, 0.3) is 111 Å². The van der Waals surface area contributed by atoms with Crippen LogP contribution in [0, 0.1) is 0 Å². The molecule has 4 heterocycles. The fourth-order valence-corrected chi connectivity index (χ4v) is 8.86. The average molecular weight is 771 g/mol. The highest BCUT2D eigenvalue weighted by Gasteiger charge is 2.19. The molecule has 0 saturated carbocycles. The fraction of sp³-hybridized carbons (Fsp3) is 0.0182. The molecule has 0 amide bonds. The van der Waals surface area contributed by atoms with Crippen LogP contribution in [0.1, 0.15) is 6.92 Å². The number of para-hydroxylation sites is 4. The number of allylic oxidation sites excluding steroid dienone is 1. The molecule has 0 saturated heterocycles. The normalized spacial score (nSPS) is 11.5. The monoisotopic (exact) mass is 770 g/mol. The van der Waals surface area contributed by atoms with Gasteiger partial charge in [0.1, 0.15) is 23.1 Å². The van der Waals surface area contributed by atoms with Gasteiger partial charge in [0, 0.05) is 49.4 Å². The molecule has 0 bridgehead atoms. The molecule has 0 unspecified atom stereocenters. The highest BCUT2D eigenvalue weighted by Crippen LogP contribution is 2.40. The van der Waals surface area contributed by atoms with Gasteiger partial charge in [-0.3, -0.25) is 0 Å². The molecule has 0 aliphatic rings. The number of hydrogen-bond acceptors (Lipinski definition) is 3. The van der Waals surface area contributed by atoms with Gasteiger partial charge in [0.25, 0.3) is 0 Å². The zero-order valence-corrected chi connectivity index (χ0v) is 33.0. The Balaban J connectivity index is 0.00000132. The smallest absolute Gasteiger partial charge is 0.180 e. The summed E-state index contributed by atoms with van der Waals surface area (Å²) in [5.74, 6) is 0. The summed E-state index contributed by atoms with van der Waals surface area (Å²) in [7, 11) is 0. The summed E-state index contributed by atoms with van der Waals surface area (Å²) < 4.78 is 11.3. The van der Waals surface area contributed by atoms with Crippen LogP contribution in [0.2, 0.25) is 0 Å². The molecule has 8 aromatic carbocycles. The number of benzene rings is 8. The second-order valence-corrected chi connectivity index (χ2v) is 15.0. The van der Waals surface area contributed by atoms with Crippen LogP contribution in [0.15, 0.2) is 211 Å². The first-order chi connectivity index (χ1) is 29.7. The first-order valence-corrected chi connectivity index (χ1v) is 20.2. The lowest BCUT2D eigenvalue weighted by Crippen LogP contribution is -1.94. The molecule has 60 heavy (non-hydrogen) atoms. The Labute approximate surface area is 346 Å². The minimum absolute atomic E-state index is 0.691. The van der Waals surface area contributed by atoms with E-state index in [9.17, 15) is 0 Å². The second-order valence-electron chi connectivity index (χ2n) is 15.0. The van der Waals surface area contributed by atoms with Gasteiger partial charge in [-0.25, -0.2) is 9.97 Å². The van der Waals surface area contributed by atoms with Crippen molar-refractivity contribution in [1.29, 1.82) is 0 Å². The van der Waals surface area contributed by atoms with Crippen molar-refractivity contribution in [3.05, 3.63) is 207 Å². The van der Waals surface area contributed by atoms with Crippen molar-refractivity contribution in [2.75, 3.05) is 0 Å². The Hall–Kier alpha value is -8.02. The maximum atomic E-state index is 6.62. The van der Waals surface area contributed by atoms with Crippen LogP contribution in [0.4, 0.5) is 0 Å². The topological polar surface area (TPSA) is 48.8 Å². The molecule has 4 aromatic heterocycles. The van der Waals surface area contributed by atoms with Gasteiger partial charge in [0.2, 0.25) is 0 Å². The van der Waals surface area contributed by atoms with Crippen molar-refractivity contribution < 1.29 is 4.42 Å². The average Bonchev–Trinajstić information content (AvgIpc) is 3.97. The van der Waals surface area contributed by atoms with Crippen LogP contribution >= 0.6 is 0 Å². The Morgan fingerprint density at radius 2 is 0.933 bits per heavy atom. The van der Waals surface area contributed by atoms with Gasteiger partial charge in [0.15, 0.2) is 5.58 Å². The van der Waals surface area contributed by atoms with Crippen molar-refractivity contribution in [2.45, 2.75) is 6.92 Å². The molecule has 0 spiro atoms.